The average Bonchev–Trinajstić information content (AvgIpc) is 2.03. The number of halogens is 2. The predicted octanol–water partition coefficient (Wildman–Crippen LogP) is 2.33. The van der Waals surface area contributed by atoms with Gasteiger partial charge in [0.05, 0.1) is 5.69 Å². The van der Waals surface area contributed by atoms with Gasteiger partial charge in [-0.1, -0.05) is 6.92 Å². The zero-order valence-corrected chi connectivity index (χ0v) is 9.12. The summed E-state index contributed by atoms with van der Waals surface area (Å²) in [6.45, 7) is 3.02. The van der Waals surface area contributed by atoms with Crippen LogP contribution in [0, 0.1) is 0 Å². The van der Waals surface area contributed by atoms with Gasteiger partial charge in [-0.15, -0.1) is 24.8 Å². The van der Waals surface area contributed by atoms with E-state index in [0.717, 1.165) is 18.8 Å². The molecular formula is C8H15Cl2N3. The van der Waals surface area contributed by atoms with Crippen molar-refractivity contribution in [1.29, 1.82) is 0 Å². The summed E-state index contributed by atoms with van der Waals surface area (Å²) in [5.41, 5.74) is 6.35. The van der Waals surface area contributed by atoms with Gasteiger partial charge in [0.2, 0.25) is 0 Å². The van der Waals surface area contributed by atoms with Crippen LogP contribution in [-0.2, 0) is 0 Å². The average molecular weight is 224 g/mol. The number of nitrogens with two attached hydrogens (primary N) is 1. The van der Waals surface area contributed by atoms with Crippen molar-refractivity contribution >= 4 is 36.3 Å². The normalized spacial score (nSPS) is 8.08. The molecule has 13 heavy (non-hydrogen) atoms. The fraction of sp³-hybridized carbons (Fsp3) is 0.375. The first-order valence-electron chi connectivity index (χ1n) is 3.79. The largest absolute Gasteiger partial charge is 0.396 e. The first-order valence-corrected chi connectivity index (χ1v) is 3.79. The molecule has 0 aliphatic rings. The lowest BCUT2D eigenvalue weighted by atomic mass is 10.4. The van der Waals surface area contributed by atoms with Gasteiger partial charge in [-0.25, -0.2) is 4.98 Å². The Morgan fingerprint density at radius 3 is 2.69 bits per heavy atom. The van der Waals surface area contributed by atoms with Crippen molar-refractivity contribution in [2.45, 2.75) is 13.3 Å². The first-order chi connectivity index (χ1) is 5.34. The van der Waals surface area contributed by atoms with Crippen LogP contribution in [0.25, 0.3) is 0 Å². The highest BCUT2D eigenvalue weighted by Crippen LogP contribution is 2.11. The molecule has 1 heterocycles. The van der Waals surface area contributed by atoms with Crippen LogP contribution in [0.1, 0.15) is 13.3 Å². The van der Waals surface area contributed by atoms with Crippen LogP contribution >= 0.6 is 24.8 Å². The fourth-order valence-corrected chi connectivity index (χ4v) is 0.809. The van der Waals surface area contributed by atoms with E-state index in [1.807, 2.05) is 12.1 Å². The SMILES string of the molecule is CCCNc1ncccc1N.Cl.Cl. The zero-order valence-electron chi connectivity index (χ0n) is 7.49. The van der Waals surface area contributed by atoms with Gasteiger partial charge in [0.1, 0.15) is 5.82 Å². The molecule has 0 atom stereocenters. The second-order valence-electron chi connectivity index (χ2n) is 2.37. The van der Waals surface area contributed by atoms with E-state index in [1.165, 1.54) is 0 Å². The van der Waals surface area contributed by atoms with E-state index in [9.17, 15) is 0 Å². The van der Waals surface area contributed by atoms with Crippen LogP contribution in [0.15, 0.2) is 18.3 Å². The van der Waals surface area contributed by atoms with Crippen LogP contribution in [0.4, 0.5) is 11.5 Å². The van der Waals surface area contributed by atoms with Crippen molar-refractivity contribution in [2.75, 3.05) is 17.6 Å². The molecule has 76 valence electrons. The van der Waals surface area contributed by atoms with Gasteiger partial charge in [-0.2, -0.15) is 0 Å². The number of hydrogen-bond acceptors (Lipinski definition) is 3. The maximum Gasteiger partial charge on any atom is 0.149 e. The quantitative estimate of drug-likeness (QED) is 0.828. The van der Waals surface area contributed by atoms with Crippen LogP contribution < -0.4 is 11.1 Å². The summed E-state index contributed by atoms with van der Waals surface area (Å²) >= 11 is 0. The molecule has 0 unspecified atom stereocenters. The molecule has 0 aliphatic carbocycles. The van der Waals surface area contributed by atoms with E-state index in [4.69, 9.17) is 5.73 Å². The van der Waals surface area contributed by atoms with Gasteiger partial charge in [-0.05, 0) is 18.6 Å². The summed E-state index contributed by atoms with van der Waals surface area (Å²) in [7, 11) is 0. The number of nitrogens with one attached hydrogen (secondary N) is 1. The van der Waals surface area contributed by atoms with Crippen molar-refractivity contribution < 1.29 is 0 Å². The van der Waals surface area contributed by atoms with Gasteiger partial charge >= 0.3 is 0 Å². The number of rotatable bonds is 3. The Balaban J connectivity index is 0. The number of nitrogens with zero attached hydrogens (tertiary/aromatic N) is 1. The third-order valence-electron chi connectivity index (χ3n) is 1.38. The molecule has 0 radical (unpaired) electrons. The first kappa shape index (κ1) is 14.8. The minimum Gasteiger partial charge on any atom is -0.396 e. The van der Waals surface area contributed by atoms with Crippen molar-refractivity contribution in [1.82, 2.24) is 4.98 Å². The molecule has 0 amide bonds. The smallest absolute Gasteiger partial charge is 0.149 e. The third kappa shape index (κ3) is 4.80. The highest BCUT2D eigenvalue weighted by Gasteiger charge is 1.94. The Kier molecular flexibility index (Phi) is 9.07. The molecule has 0 aromatic carbocycles. The molecule has 0 saturated heterocycles. The number of anilines is 2. The minimum absolute atomic E-state index is 0. The Labute approximate surface area is 90.9 Å². The molecular weight excluding hydrogens is 209 g/mol. The van der Waals surface area contributed by atoms with E-state index in [0.29, 0.717) is 5.69 Å². The molecule has 3 N–H and O–H groups in total. The van der Waals surface area contributed by atoms with Crippen molar-refractivity contribution in [3.8, 4) is 0 Å². The zero-order chi connectivity index (χ0) is 8.10. The van der Waals surface area contributed by atoms with E-state index < -0.39 is 0 Å². The van der Waals surface area contributed by atoms with Gasteiger partial charge in [-0.3, -0.25) is 0 Å². The number of aromatic nitrogens is 1. The Morgan fingerprint density at radius 2 is 2.15 bits per heavy atom. The van der Waals surface area contributed by atoms with Crippen molar-refractivity contribution in [3.63, 3.8) is 0 Å². The van der Waals surface area contributed by atoms with Gasteiger partial charge in [0.15, 0.2) is 0 Å². The van der Waals surface area contributed by atoms with E-state index in [-0.39, 0.29) is 24.8 Å². The highest BCUT2D eigenvalue weighted by atomic mass is 35.5. The van der Waals surface area contributed by atoms with Crippen molar-refractivity contribution in [2.24, 2.45) is 0 Å². The van der Waals surface area contributed by atoms with Crippen LogP contribution in [-0.4, -0.2) is 11.5 Å². The fourth-order valence-electron chi connectivity index (χ4n) is 0.809. The maximum atomic E-state index is 5.64. The van der Waals surface area contributed by atoms with Crippen LogP contribution in [0.3, 0.4) is 0 Å². The molecule has 5 heteroatoms. The molecule has 0 spiro atoms. The van der Waals surface area contributed by atoms with E-state index >= 15 is 0 Å². The monoisotopic (exact) mass is 223 g/mol. The van der Waals surface area contributed by atoms with Gasteiger partial charge in [0.25, 0.3) is 0 Å². The Bertz CT molecular complexity index is 230. The molecule has 0 bridgehead atoms. The topological polar surface area (TPSA) is 50.9 Å². The molecule has 1 rings (SSSR count). The lowest BCUT2D eigenvalue weighted by Gasteiger charge is -2.04. The summed E-state index contributed by atoms with van der Waals surface area (Å²) in [6, 6.07) is 3.66. The Hall–Kier alpha value is -0.670. The molecule has 1 aromatic rings. The van der Waals surface area contributed by atoms with E-state index in [1.54, 1.807) is 6.20 Å². The number of pyridine rings is 1. The lowest BCUT2D eigenvalue weighted by Crippen LogP contribution is -2.04. The molecule has 0 saturated carbocycles. The summed E-state index contributed by atoms with van der Waals surface area (Å²) in [5, 5.41) is 3.13. The number of nitrogen functional groups attached to an aromatic ring is 1. The summed E-state index contributed by atoms with van der Waals surface area (Å²) in [4.78, 5) is 4.08. The molecule has 3 nitrogen and oxygen atoms in total. The van der Waals surface area contributed by atoms with Crippen LogP contribution in [0.5, 0.6) is 0 Å². The molecule has 0 fully saturated rings. The summed E-state index contributed by atoms with van der Waals surface area (Å²) in [5.74, 6) is 0.786. The minimum atomic E-state index is 0. The third-order valence-corrected chi connectivity index (χ3v) is 1.38. The summed E-state index contributed by atoms with van der Waals surface area (Å²) in [6.07, 6.45) is 2.81. The second-order valence-corrected chi connectivity index (χ2v) is 2.37. The molecule has 1 aromatic heterocycles. The summed E-state index contributed by atoms with van der Waals surface area (Å²) < 4.78 is 0. The molecule has 0 aliphatic heterocycles. The standard InChI is InChI=1S/C8H13N3.2ClH/c1-2-5-10-8-7(9)4-3-6-11-8;;/h3-4,6H,2,5,9H2,1H3,(H,10,11);2*1H. The van der Waals surface area contributed by atoms with Gasteiger partial charge in [0, 0.05) is 12.7 Å². The van der Waals surface area contributed by atoms with Gasteiger partial charge < -0.3 is 11.1 Å². The number of hydrogen-bond donors (Lipinski definition) is 2. The van der Waals surface area contributed by atoms with E-state index in [2.05, 4.69) is 17.2 Å². The highest BCUT2D eigenvalue weighted by molar-refractivity contribution is 5.85. The predicted molar refractivity (Wildman–Crippen MR) is 61.9 cm³/mol. The maximum absolute atomic E-state index is 5.64. The second kappa shape index (κ2) is 7.95. The lowest BCUT2D eigenvalue weighted by molar-refractivity contribution is 0.970. The van der Waals surface area contributed by atoms with Crippen molar-refractivity contribution in [3.05, 3.63) is 18.3 Å². The Morgan fingerprint density at radius 1 is 1.46 bits per heavy atom. The van der Waals surface area contributed by atoms with Crippen LogP contribution in [0.2, 0.25) is 0 Å².